The van der Waals surface area contributed by atoms with E-state index in [0.717, 1.165) is 12.1 Å². The van der Waals surface area contributed by atoms with Gasteiger partial charge in [0.15, 0.2) is 0 Å². The molecular weight excluding hydrogens is 244 g/mol. The molecule has 1 aromatic heterocycles. The molecule has 18 heavy (non-hydrogen) atoms. The van der Waals surface area contributed by atoms with E-state index in [1.54, 1.807) is 0 Å². The van der Waals surface area contributed by atoms with Crippen molar-refractivity contribution in [2.45, 2.75) is 63.1 Å². The molecule has 2 fully saturated rings. The Hall–Kier alpha value is -0.450. The molecule has 0 radical (unpaired) electrons. The molecule has 4 heteroatoms. The molecular formula is C14H22N2OS. The summed E-state index contributed by atoms with van der Waals surface area (Å²) in [4.78, 5) is 4.76. The van der Waals surface area contributed by atoms with E-state index < -0.39 is 0 Å². The Bertz CT molecular complexity index is 416. The number of rotatable bonds is 4. The van der Waals surface area contributed by atoms with E-state index in [2.05, 4.69) is 17.6 Å². The number of aromatic nitrogens is 1. The Labute approximate surface area is 113 Å². The van der Waals surface area contributed by atoms with Gasteiger partial charge in [-0.25, -0.2) is 4.98 Å². The molecule has 0 amide bonds. The van der Waals surface area contributed by atoms with Crippen LogP contribution in [0.3, 0.4) is 0 Å². The van der Waals surface area contributed by atoms with Gasteiger partial charge in [0.2, 0.25) is 0 Å². The lowest BCUT2D eigenvalue weighted by molar-refractivity contribution is 0.0284. The number of aryl methyl sites for hydroxylation is 1. The van der Waals surface area contributed by atoms with E-state index in [0.29, 0.717) is 12.1 Å². The minimum Gasteiger partial charge on any atom is -0.381 e. The van der Waals surface area contributed by atoms with Gasteiger partial charge in [-0.15, -0.1) is 11.3 Å². The first-order valence-corrected chi connectivity index (χ1v) is 7.83. The molecule has 0 spiro atoms. The Balaban J connectivity index is 1.86. The Morgan fingerprint density at radius 1 is 1.44 bits per heavy atom. The van der Waals surface area contributed by atoms with Gasteiger partial charge in [-0.2, -0.15) is 0 Å². The minimum atomic E-state index is 0.0824. The molecule has 1 N–H and O–H groups in total. The molecule has 2 unspecified atom stereocenters. The Morgan fingerprint density at radius 3 is 2.89 bits per heavy atom. The van der Waals surface area contributed by atoms with Crippen LogP contribution in [0.5, 0.6) is 0 Å². The quantitative estimate of drug-likeness (QED) is 0.909. The third-order valence-corrected chi connectivity index (χ3v) is 5.29. The summed E-state index contributed by atoms with van der Waals surface area (Å²) in [6.45, 7) is 2.08. The van der Waals surface area contributed by atoms with E-state index in [9.17, 15) is 0 Å². The highest BCUT2D eigenvalue weighted by Crippen LogP contribution is 2.41. The van der Waals surface area contributed by atoms with Gasteiger partial charge in [0.05, 0.1) is 11.6 Å². The van der Waals surface area contributed by atoms with Crippen LogP contribution in [-0.2, 0) is 10.3 Å². The molecule has 2 aliphatic rings. The third-order valence-electron chi connectivity index (χ3n) is 4.13. The van der Waals surface area contributed by atoms with Gasteiger partial charge in [-0.1, -0.05) is 0 Å². The van der Waals surface area contributed by atoms with Crippen LogP contribution in [0.2, 0.25) is 0 Å². The summed E-state index contributed by atoms with van der Waals surface area (Å²) in [7, 11) is 1.84. The third kappa shape index (κ3) is 2.46. The second-order valence-electron chi connectivity index (χ2n) is 5.75. The maximum atomic E-state index is 5.61. The largest absolute Gasteiger partial charge is 0.381 e. The van der Waals surface area contributed by atoms with Crippen molar-refractivity contribution in [2.24, 2.45) is 0 Å². The molecule has 0 bridgehead atoms. The molecule has 2 aliphatic carbocycles. The van der Waals surface area contributed by atoms with Crippen LogP contribution >= 0.6 is 11.3 Å². The lowest BCUT2D eigenvalue weighted by Crippen LogP contribution is -2.48. The van der Waals surface area contributed by atoms with Gasteiger partial charge < -0.3 is 10.1 Å². The average molecular weight is 266 g/mol. The van der Waals surface area contributed by atoms with Crippen LogP contribution in [0, 0.1) is 6.92 Å². The zero-order valence-corrected chi connectivity index (χ0v) is 12.1. The van der Waals surface area contributed by atoms with Crippen molar-refractivity contribution in [3.8, 4) is 0 Å². The number of nitrogens with zero attached hydrogens (tertiary/aromatic N) is 1. The summed E-state index contributed by atoms with van der Waals surface area (Å²) in [5, 5.41) is 7.31. The van der Waals surface area contributed by atoms with Gasteiger partial charge in [0, 0.05) is 24.2 Å². The van der Waals surface area contributed by atoms with Crippen molar-refractivity contribution in [1.29, 1.82) is 0 Å². The van der Waals surface area contributed by atoms with Crippen LogP contribution in [0.4, 0.5) is 0 Å². The SMILES string of the molecule is COC1CCCC(NC2CC2)(c2nc(C)cs2)C1. The molecule has 1 aromatic rings. The summed E-state index contributed by atoms with van der Waals surface area (Å²) in [6, 6.07) is 0.713. The first kappa shape index (κ1) is 12.6. The topological polar surface area (TPSA) is 34.1 Å². The maximum Gasteiger partial charge on any atom is 0.113 e. The van der Waals surface area contributed by atoms with Gasteiger partial charge in [-0.3, -0.25) is 0 Å². The first-order chi connectivity index (χ1) is 8.72. The first-order valence-electron chi connectivity index (χ1n) is 6.95. The smallest absolute Gasteiger partial charge is 0.113 e. The van der Waals surface area contributed by atoms with Crippen LogP contribution < -0.4 is 5.32 Å². The fourth-order valence-corrected chi connectivity index (χ4v) is 4.01. The van der Waals surface area contributed by atoms with Gasteiger partial charge in [0.1, 0.15) is 5.01 Å². The van der Waals surface area contributed by atoms with E-state index in [-0.39, 0.29) is 5.54 Å². The van der Waals surface area contributed by atoms with E-state index in [4.69, 9.17) is 9.72 Å². The lowest BCUT2D eigenvalue weighted by atomic mass is 9.80. The fourth-order valence-electron chi connectivity index (χ4n) is 3.00. The zero-order chi connectivity index (χ0) is 12.6. The van der Waals surface area contributed by atoms with Crippen LogP contribution in [0.1, 0.15) is 49.2 Å². The van der Waals surface area contributed by atoms with Crippen molar-refractivity contribution in [3.05, 3.63) is 16.1 Å². The van der Waals surface area contributed by atoms with Gasteiger partial charge in [0.25, 0.3) is 0 Å². The zero-order valence-electron chi connectivity index (χ0n) is 11.2. The predicted molar refractivity (Wildman–Crippen MR) is 74.0 cm³/mol. The minimum absolute atomic E-state index is 0.0824. The van der Waals surface area contributed by atoms with Crippen LogP contribution in [0.25, 0.3) is 0 Å². The van der Waals surface area contributed by atoms with Gasteiger partial charge in [-0.05, 0) is 45.4 Å². The fraction of sp³-hybridized carbons (Fsp3) is 0.786. The standard InChI is InChI=1S/C14H22N2OS/c1-10-9-18-13(15-10)14(16-11-5-6-11)7-3-4-12(8-14)17-2/h9,11-12,16H,3-8H2,1-2H3. The normalized spacial score (nSPS) is 32.7. The van der Waals surface area contributed by atoms with Crippen LogP contribution in [0.15, 0.2) is 5.38 Å². The number of hydrogen-bond acceptors (Lipinski definition) is 4. The molecule has 100 valence electrons. The summed E-state index contributed by atoms with van der Waals surface area (Å²) in [5.41, 5.74) is 1.23. The van der Waals surface area contributed by atoms with Crippen molar-refractivity contribution < 1.29 is 4.74 Å². The van der Waals surface area contributed by atoms with Crippen molar-refractivity contribution >= 4 is 11.3 Å². The monoisotopic (exact) mass is 266 g/mol. The van der Waals surface area contributed by atoms with Crippen molar-refractivity contribution in [2.75, 3.05) is 7.11 Å². The number of thiazole rings is 1. The lowest BCUT2D eigenvalue weighted by Gasteiger charge is -2.40. The highest BCUT2D eigenvalue weighted by Gasteiger charge is 2.43. The number of hydrogen-bond donors (Lipinski definition) is 1. The summed E-state index contributed by atoms with van der Waals surface area (Å²) in [5.74, 6) is 0. The average Bonchev–Trinajstić information content (AvgIpc) is 3.07. The molecule has 0 aromatic carbocycles. The highest BCUT2D eigenvalue weighted by atomic mass is 32.1. The molecule has 3 nitrogen and oxygen atoms in total. The second-order valence-corrected chi connectivity index (χ2v) is 6.61. The summed E-state index contributed by atoms with van der Waals surface area (Å²) in [6.07, 6.45) is 7.73. The predicted octanol–water partition coefficient (Wildman–Crippen LogP) is 2.99. The number of methoxy groups -OCH3 is 1. The number of nitrogens with one attached hydrogen (secondary N) is 1. The highest BCUT2D eigenvalue weighted by molar-refractivity contribution is 7.09. The maximum absolute atomic E-state index is 5.61. The van der Waals surface area contributed by atoms with Crippen molar-refractivity contribution in [3.63, 3.8) is 0 Å². The molecule has 1 heterocycles. The Morgan fingerprint density at radius 2 is 2.28 bits per heavy atom. The second kappa shape index (κ2) is 4.91. The Kier molecular flexibility index (Phi) is 3.43. The molecule has 3 rings (SSSR count). The molecule has 2 atom stereocenters. The van der Waals surface area contributed by atoms with Gasteiger partial charge >= 0.3 is 0 Å². The summed E-state index contributed by atoms with van der Waals surface area (Å²) >= 11 is 1.81. The molecule has 0 aliphatic heterocycles. The molecule has 0 saturated heterocycles. The molecule has 2 saturated carbocycles. The van der Waals surface area contributed by atoms with E-state index in [1.165, 1.54) is 37.1 Å². The van der Waals surface area contributed by atoms with E-state index in [1.807, 2.05) is 18.4 Å². The number of ether oxygens (including phenoxy) is 1. The van der Waals surface area contributed by atoms with Crippen LogP contribution in [-0.4, -0.2) is 24.2 Å². The van der Waals surface area contributed by atoms with Crippen molar-refractivity contribution in [1.82, 2.24) is 10.3 Å². The van der Waals surface area contributed by atoms with E-state index >= 15 is 0 Å². The summed E-state index contributed by atoms with van der Waals surface area (Å²) < 4.78 is 5.61.